The van der Waals surface area contributed by atoms with E-state index in [-0.39, 0.29) is 0 Å². The van der Waals surface area contributed by atoms with Crippen molar-refractivity contribution in [1.82, 2.24) is 4.98 Å². The molecule has 0 saturated heterocycles. The maximum Gasteiger partial charge on any atom is 0.0489 e. The number of H-pyrrole nitrogens is 1. The van der Waals surface area contributed by atoms with E-state index >= 15 is 0 Å². The number of thiol groups is 1. The molecule has 1 nitrogen and oxygen atoms in total. The highest BCUT2D eigenvalue weighted by atomic mass is 32.1. The van der Waals surface area contributed by atoms with Crippen LogP contribution in [-0.4, -0.2) is 10.7 Å². The number of aryl methyl sites for hydroxylation is 1. The van der Waals surface area contributed by atoms with Gasteiger partial charge in [-0.3, -0.25) is 0 Å². The predicted octanol–water partition coefficient (Wildman–Crippen LogP) is 3.76. The summed E-state index contributed by atoms with van der Waals surface area (Å²) in [6, 6.07) is 6.52. The van der Waals surface area contributed by atoms with Crippen LogP contribution in [-0.2, 0) is 6.42 Å². The number of hydrogen-bond acceptors (Lipinski definition) is 1. The first-order valence-corrected chi connectivity index (χ1v) is 6.07. The molecule has 0 aliphatic heterocycles. The van der Waals surface area contributed by atoms with Gasteiger partial charge in [0, 0.05) is 17.1 Å². The fourth-order valence-corrected chi connectivity index (χ4v) is 2.29. The molecule has 2 rings (SSSR count). The SMILES string of the molecule is CC(C)c1c[nH]c2c(CCS)cccc12. The summed E-state index contributed by atoms with van der Waals surface area (Å²) in [6.45, 7) is 4.46. The number of nitrogens with one attached hydrogen (secondary N) is 1. The third kappa shape index (κ3) is 1.91. The summed E-state index contributed by atoms with van der Waals surface area (Å²) in [6.07, 6.45) is 3.16. The van der Waals surface area contributed by atoms with Crippen molar-refractivity contribution in [3.8, 4) is 0 Å². The highest BCUT2D eigenvalue weighted by molar-refractivity contribution is 7.80. The monoisotopic (exact) mass is 219 g/mol. The van der Waals surface area contributed by atoms with E-state index in [1.54, 1.807) is 0 Å². The molecule has 0 atom stereocenters. The second-order valence-corrected chi connectivity index (χ2v) is 4.66. The van der Waals surface area contributed by atoms with E-state index in [2.05, 4.69) is 55.9 Å². The lowest BCUT2D eigenvalue weighted by atomic mass is 10.0. The molecule has 0 radical (unpaired) electrons. The Hall–Kier alpha value is -0.890. The van der Waals surface area contributed by atoms with E-state index in [9.17, 15) is 0 Å². The Morgan fingerprint density at radius 1 is 1.33 bits per heavy atom. The lowest BCUT2D eigenvalue weighted by Gasteiger charge is -2.04. The van der Waals surface area contributed by atoms with Crippen molar-refractivity contribution in [2.24, 2.45) is 0 Å². The molecule has 0 saturated carbocycles. The first-order chi connectivity index (χ1) is 7.24. The number of rotatable bonds is 3. The molecular weight excluding hydrogens is 202 g/mol. The van der Waals surface area contributed by atoms with Gasteiger partial charge in [0.1, 0.15) is 0 Å². The molecule has 0 fully saturated rings. The van der Waals surface area contributed by atoms with Crippen molar-refractivity contribution in [1.29, 1.82) is 0 Å². The van der Waals surface area contributed by atoms with Crippen LogP contribution in [0.4, 0.5) is 0 Å². The second-order valence-electron chi connectivity index (χ2n) is 4.21. The minimum atomic E-state index is 0.574. The van der Waals surface area contributed by atoms with Crippen molar-refractivity contribution in [2.45, 2.75) is 26.2 Å². The third-order valence-corrected chi connectivity index (χ3v) is 3.06. The van der Waals surface area contributed by atoms with Crippen LogP contribution in [0.1, 0.15) is 30.9 Å². The fourth-order valence-electron chi connectivity index (χ4n) is 2.05. The fraction of sp³-hybridized carbons (Fsp3) is 0.385. The maximum absolute atomic E-state index is 4.29. The zero-order chi connectivity index (χ0) is 10.8. The first kappa shape index (κ1) is 10.6. The quantitative estimate of drug-likeness (QED) is 0.731. The van der Waals surface area contributed by atoms with E-state index in [0.29, 0.717) is 5.92 Å². The Morgan fingerprint density at radius 3 is 2.80 bits per heavy atom. The molecule has 1 heterocycles. The Labute approximate surface area is 96.3 Å². The number of hydrogen-bond donors (Lipinski definition) is 2. The van der Waals surface area contributed by atoms with Crippen LogP contribution < -0.4 is 0 Å². The molecular formula is C13H17NS. The molecule has 2 heteroatoms. The number of aromatic amines is 1. The van der Waals surface area contributed by atoms with E-state index in [1.165, 1.54) is 22.0 Å². The van der Waals surface area contributed by atoms with Gasteiger partial charge in [0.2, 0.25) is 0 Å². The van der Waals surface area contributed by atoms with Crippen LogP contribution in [0, 0.1) is 0 Å². The highest BCUT2D eigenvalue weighted by Gasteiger charge is 2.09. The molecule has 0 spiro atoms. The molecule has 2 aromatic rings. The van der Waals surface area contributed by atoms with E-state index in [0.717, 1.165) is 12.2 Å². The van der Waals surface area contributed by atoms with Crippen LogP contribution in [0.15, 0.2) is 24.4 Å². The van der Waals surface area contributed by atoms with Crippen LogP contribution in [0.2, 0.25) is 0 Å². The molecule has 0 amide bonds. The molecule has 15 heavy (non-hydrogen) atoms. The Kier molecular flexibility index (Phi) is 3.06. The lowest BCUT2D eigenvalue weighted by molar-refractivity contribution is 0.875. The largest absolute Gasteiger partial charge is 0.361 e. The Bertz CT molecular complexity index is 457. The van der Waals surface area contributed by atoms with Crippen LogP contribution in [0.3, 0.4) is 0 Å². The molecule has 0 unspecified atom stereocenters. The van der Waals surface area contributed by atoms with Gasteiger partial charge in [-0.25, -0.2) is 0 Å². The third-order valence-electron chi connectivity index (χ3n) is 2.84. The molecule has 0 aliphatic rings. The van der Waals surface area contributed by atoms with Gasteiger partial charge in [0.15, 0.2) is 0 Å². The molecule has 1 aromatic heterocycles. The Balaban J connectivity index is 2.58. The first-order valence-electron chi connectivity index (χ1n) is 5.43. The summed E-state index contributed by atoms with van der Waals surface area (Å²) in [5.41, 5.74) is 4.07. The topological polar surface area (TPSA) is 15.8 Å². The summed E-state index contributed by atoms with van der Waals surface area (Å²) >= 11 is 4.29. The average molecular weight is 219 g/mol. The van der Waals surface area contributed by atoms with Gasteiger partial charge in [-0.15, -0.1) is 0 Å². The summed E-state index contributed by atoms with van der Waals surface area (Å²) in [5, 5.41) is 1.37. The van der Waals surface area contributed by atoms with Crippen molar-refractivity contribution in [3.05, 3.63) is 35.5 Å². The number of para-hydroxylation sites is 1. The second kappa shape index (κ2) is 4.31. The molecule has 80 valence electrons. The smallest absolute Gasteiger partial charge is 0.0489 e. The normalized spacial score (nSPS) is 11.5. The van der Waals surface area contributed by atoms with Crippen LogP contribution in [0.25, 0.3) is 10.9 Å². The standard InChI is InChI=1S/C13H17NS/c1-9(2)12-8-14-13-10(6-7-15)4-3-5-11(12)13/h3-5,8-9,14-15H,6-7H2,1-2H3. The maximum atomic E-state index is 4.29. The number of fused-ring (bicyclic) bond motifs is 1. The minimum absolute atomic E-state index is 0.574. The zero-order valence-electron chi connectivity index (χ0n) is 9.25. The summed E-state index contributed by atoms with van der Waals surface area (Å²) in [5.74, 6) is 1.47. The van der Waals surface area contributed by atoms with Crippen LogP contribution in [0.5, 0.6) is 0 Å². The number of aromatic nitrogens is 1. The minimum Gasteiger partial charge on any atom is -0.361 e. The van der Waals surface area contributed by atoms with Gasteiger partial charge in [-0.05, 0) is 29.2 Å². The number of benzene rings is 1. The van der Waals surface area contributed by atoms with E-state index in [4.69, 9.17) is 0 Å². The molecule has 0 aliphatic carbocycles. The Morgan fingerprint density at radius 2 is 2.13 bits per heavy atom. The van der Waals surface area contributed by atoms with Gasteiger partial charge in [0.05, 0.1) is 0 Å². The molecule has 1 aromatic carbocycles. The molecule has 1 N–H and O–H groups in total. The van der Waals surface area contributed by atoms with Gasteiger partial charge in [-0.2, -0.15) is 12.6 Å². The molecule has 0 bridgehead atoms. The highest BCUT2D eigenvalue weighted by Crippen LogP contribution is 2.27. The van der Waals surface area contributed by atoms with Gasteiger partial charge < -0.3 is 4.98 Å². The van der Waals surface area contributed by atoms with E-state index < -0.39 is 0 Å². The van der Waals surface area contributed by atoms with Gasteiger partial charge in [-0.1, -0.05) is 32.0 Å². The van der Waals surface area contributed by atoms with Gasteiger partial charge >= 0.3 is 0 Å². The lowest BCUT2D eigenvalue weighted by Crippen LogP contribution is -1.88. The van der Waals surface area contributed by atoms with Crippen molar-refractivity contribution < 1.29 is 0 Å². The summed E-state index contributed by atoms with van der Waals surface area (Å²) < 4.78 is 0. The van der Waals surface area contributed by atoms with Crippen molar-refractivity contribution >= 4 is 23.5 Å². The van der Waals surface area contributed by atoms with Crippen LogP contribution >= 0.6 is 12.6 Å². The zero-order valence-corrected chi connectivity index (χ0v) is 10.1. The van der Waals surface area contributed by atoms with Crippen molar-refractivity contribution in [2.75, 3.05) is 5.75 Å². The average Bonchev–Trinajstić information content (AvgIpc) is 2.62. The van der Waals surface area contributed by atoms with E-state index in [1.807, 2.05) is 0 Å². The summed E-state index contributed by atoms with van der Waals surface area (Å²) in [7, 11) is 0. The van der Waals surface area contributed by atoms with Gasteiger partial charge in [0.25, 0.3) is 0 Å². The summed E-state index contributed by atoms with van der Waals surface area (Å²) in [4.78, 5) is 3.39. The predicted molar refractivity (Wildman–Crippen MR) is 69.9 cm³/mol. The van der Waals surface area contributed by atoms with Crippen molar-refractivity contribution in [3.63, 3.8) is 0 Å².